The van der Waals surface area contributed by atoms with Crippen LogP contribution in [0.4, 0.5) is 9.18 Å². The minimum Gasteiger partial charge on any atom is -0.410 e. The van der Waals surface area contributed by atoms with E-state index in [4.69, 9.17) is 4.74 Å². The van der Waals surface area contributed by atoms with Crippen molar-refractivity contribution in [3.63, 3.8) is 0 Å². The number of amides is 2. The van der Waals surface area contributed by atoms with Crippen LogP contribution in [0.15, 0.2) is 28.1 Å². The lowest BCUT2D eigenvalue weighted by Gasteiger charge is -2.28. The Morgan fingerprint density at radius 1 is 1.31 bits per heavy atom. The van der Waals surface area contributed by atoms with Gasteiger partial charge in [0.05, 0.1) is 4.91 Å². The summed E-state index contributed by atoms with van der Waals surface area (Å²) in [7, 11) is 1.66. The van der Waals surface area contributed by atoms with Crippen LogP contribution in [-0.4, -0.2) is 78.3 Å². The number of hydrazine groups is 1. The smallest absolute Gasteiger partial charge is 0.410 e. The van der Waals surface area contributed by atoms with E-state index in [1.807, 2.05) is 5.01 Å². The number of carbonyl (C=O) groups excluding carboxylic acids is 2. The van der Waals surface area contributed by atoms with Crippen LogP contribution in [0.3, 0.4) is 0 Å². The highest BCUT2D eigenvalue weighted by atomic mass is 32.2. The topological polar surface area (TPSA) is 77.5 Å². The maximum Gasteiger partial charge on any atom is 0.415 e. The summed E-state index contributed by atoms with van der Waals surface area (Å²) < 4.78 is 19.5. The third-order valence-corrected chi connectivity index (χ3v) is 6.37. The minimum atomic E-state index is -0.539. The van der Waals surface area contributed by atoms with Crippen LogP contribution >= 0.6 is 11.8 Å². The molecule has 1 aromatic rings. The summed E-state index contributed by atoms with van der Waals surface area (Å²) in [5.74, 6) is -0.687. The maximum atomic E-state index is 13.9. The zero-order valence-electron chi connectivity index (χ0n) is 18.8. The van der Waals surface area contributed by atoms with Crippen molar-refractivity contribution in [2.45, 2.75) is 26.7 Å². The van der Waals surface area contributed by atoms with Crippen molar-refractivity contribution in [2.24, 2.45) is 4.99 Å². The molecule has 174 valence electrons. The summed E-state index contributed by atoms with van der Waals surface area (Å²) in [6, 6.07) is 3.87. The molecule has 32 heavy (non-hydrogen) atoms. The number of halogens is 1. The average molecular weight is 464 g/mol. The Bertz CT molecular complexity index is 898. The van der Waals surface area contributed by atoms with Gasteiger partial charge in [-0.15, -0.1) is 0 Å². The van der Waals surface area contributed by atoms with Crippen molar-refractivity contribution in [1.29, 1.82) is 0 Å². The third kappa shape index (κ3) is 6.30. The van der Waals surface area contributed by atoms with Crippen LogP contribution in [0, 0.1) is 5.82 Å². The molecule has 0 unspecified atom stereocenters. The summed E-state index contributed by atoms with van der Waals surface area (Å²) in [5, 5.41) is 2.44. The highest BCUT2D eigenvalue weighted by Crippen LogP contribution is 2.33. The van der Waals surface area contributed by atoms with Crippen molar-refractivity contribution in [1.82, 2.24) is 20.2 Å². The van der Waals surface area contributed by atoms with Crippen LogP contribution in [0.5, 0.6) is 5.75 Å². The monoisotopic (exact) mass is 463 g/mol. The number of ether oxygens (including phenoxy) is 1. The predicted molar refractivity (Wildman–Crippen MR) is 125 cm³/mol. The normalized spacial score (nSPS) is 17.8. The maximum absolute atomic E-state index is 13.9. The van der Waals surface area contributed by atoms with E-state index in [0.717, 1.165) is 45.6 Å². The second-order valence-electron chi connectivity index (χ2n) is 7.58. The Hall–Kier alpha value is -2.43. The van der Waals surface area contributed by atoms with Crippen molar-refractivity contribution in [3.05, 3.63) is 34.5 Å². The molecule has 0 aliphatic carbocycles. The van der Waals surface area contributed by atoms with Crippen LogP contribution in [0.1, 0.15) is 32.3 Å². The van der Waals surface area contributed by atoms with Crippen molar-refractivity contribution < 1.29 is 18.7 Å². The average Bonchev–Trinajstić information content (AvgIpc) is 3.16. The van der Waals surface area contributed by atoms with Crippen LogP contribution in [0.2, 0.25) is 0 Å². The summed E-state index contributed by atoms with van der Waals surface area (Å²) in [6.45, 7) is 8.78. The largest absolute Gasteiger partial charge is 0.415 e. The van der Waals surface area contributed by atoms with Gasteiger partial charge >= 0.3 is 6.09 Å². The minimum absolute atomic E-state index is 0.191. The Morgan fingerprint density at radius 3 is 2.78 bits per heavy atom. The lowest BCUT2D eigenvalue weighted by molar-refractivity contribution is -0.113. The summed E-state index contributed by atoms with van der Waals surface area (Å²) in [5.41, 5.74) is 3.53. The molecule has 0 saturated carbocycles. The van der Waals surface area contributed by atoms with Gasteiger partial charge in [-0.25, -0.2) is 14.6 Å². The predicted octanol–water partition coefficient (Wildman–Crippen LogP) is 3.17. The molecule has 2 amide bonds. The number of carbonyl (C=O) groups is 2. The molecule has 0 atom stereocenters. The van der Waals surface area contributed by atoms with E-state index in [9.17, 15) is 14.0 Å². The van der Waals surface area contributed by atoms with Gasteiger partial charge < -0.3 is 14.5 Å². The van der Waals surface area contributed by atoms with Gasteiger partial charge in [0.1, 0.15) is 11.6 Å². The van der Waals surface area contributed by atoms with Gasteiger partial charge in [-0.2, -0.15) is 4.99 Å². The standard InChI is InChI=1S/C22H30FN5O3S/c1-4-27(5-2)13-12-26(3)22(30)31-18-9-8-17(23)14-16(18)15-19-20(29)25-21(32-19)28-11-7-6-10-24-28/h8-9,14-15,24H,4-7,10-13H2,1-3H3/b19-15+. The molecule has 1 aromatic carbocycles. The number of hydrogen-bond acceptors (Lipinski definition) is 7. The first-order valence-corrected chi connectivity index (χ1v) is 11.7. The molecule has 2 heterocycles. The summed E-state index contributed by atoms with van der Waals surface area (Å²) in [4.78, 5) is 33.1. The van der Waals surface area contributed by atoms with Gasteiger partial charge in [0.25, 0.3) is 5.91 Å². The molecular weight excluding hydrogens is 433 g/mol. The number of rotatable bonds is 7. The van der Waals surface area contributed by atoms with E-state index in [1.54, 1.807) is 7.05 Å². The summed E-state index contributed by atoms with van der Waals surface area (Å²) in [6.07, 6.45) is 3.08. The molecular formula is C22H30FN5O3S. The summed E-state index contributed by atoms with van der Waals surface area (Å²) >= 11 is 1.22. The van der Waals surface area contributed by atoms with Gasteiger partial charge in [0.15, 0.2) is 5.17 Å². The van der Waals surface area contributed by atoms with Gasteiger partial charge in [0.2, 0.25) is 0 Å². The second kappa shape index (κ2) is 11.4. The first-order valence-electron chi connectivity index (χ1n) is 10.9. The first-order chi connectivity index (χ1) is 15.4. The number of nitrogens with one attached hydrogen (secondary N) is 1. The third-order valence-electron chi connectivity index (χ3n) is 5.36. The fraction of sp³-hybridized carbons (Fsp3) is 0.500. The number of benzene rings is 1. The Balaban J connectivity index is 1.70. The van der Waals surface area contributed by atoms with Crippen molar-refractivity contribution >= 4 is 35.0 Å². The van der Waals surface area contributed by atoms with Gasteiger partial charge in [0, 0.05) is 38.8 Å². The quantitative estimate of drug-likeness (QED) is 0.623. The molecule has 0 spiro atoms. The SMILES string of the molecule is CCN(CC)CCN(C)C(=O)Oc1ccc(F)cc1/C=C1/SC(N2CCCCN2)=NC1=O. The van der Waals surface area contributed by atoms with Gasteiger partial charge in [-0.1, -0.05) is 13.8 Å². The molecule has 2 aliphatic heterocycles. The molecule has 0 bridgehead atoms. The highest BCUT2D eigenvalue weighted by Gasteiger charge is 2.27. The molecule has 0 radical (unpaired) electrons. The van der Waals surface area contributed by atoms with E-state index >= 15 is 0 Å². The van der Waals surface area contributed by atoms with Gasteiger partial charge in [-0.05, 0) is 62.0 Å². The number of thioether (sulfide) groups is 1. The van der Waals surface area contributed by atoms with Crippen LogP contribution < -0.4 is 10.2 Å². The first kappa shape index (κ1) is 24.2. The zero-order chi connectivity index (χ0) is 23.1. The Kier molecular flexibility index (Phi) is 8.66. The Labute approximate surface area is 192 Å². The fourth-order valence-corrected chi connectivity index (χ4v) is 4.24. The van der Waals surface area contributed by atoms with Crippen LogP contribution in [0.25, 0.3) is 6.08 Å². The van der Waals surface area contributed by atoms with E-state index in [0.29, 0.717) is 22.2 Å². The second-order valence-corrected chi connectivity index (χ2v) is 8.58. The number of hydrogen-bond donors (Lipinski definition) is 1. The Morgan fingerprint density at radius 2 is 2.09 bits per heavy atom. The number of aliphatic imine (C=N–C) groups is 1. The van der Waals surface area contributed by atoms with E-state index < -0.39 is 17.8 Å². The van der Waals surface area contributed by atoms with Crippen molar-refractivity contribution in [2.75, 3.05) is 46.3 Å². The fourth-order valence-electron chi connectivity index (χ4n) is 3.33. The van der Waals surface area contributed by atoms with Crippen molar-refractivity contribution in [3.8, 4) is 5.75 Å². The molecule has 1 N–H and O–H groups in total. The lowest BCUT2D eigenvalue weighted by Crippen LogP contribution is -2.45. The van der Waals surface area contributed by atoms with Crippen LogP contribution in [-0.2, 0) is 4.79 Å². The molecule has 1 fully saturated rings. The highest BCUT2D eigenvalue weighted by molar-refractivity contribution is 8.18. The number of amidine groups is 1. The zero-order valence-corrected chi connectivity index (χ0v) is 19.6. The van der Waals surface area contributed by atoms with E-state index in [1.165, 1.54) is 40.9 Å². The molecule has 8 nitrogen and oxygen atoms in total. The number of likely N-dealkylation sites (N-methyl/N-ethyl adjacent to an activating group) is 2. The molecule has 2 aliphatic rings. The number of nitrogens with zero attached hydrogens (tertiary/aromatic N) is 4. The van der Waals surface area contributed by atoms with E-state index in [2.05, 4.69) is 29.2 Å². The molecule has 3 rings (SSSR count). The lowest BCUT2D eigenvalue weighted by atomic mass is 10.2. The molecule has 0 aromatic heterocycles. The van der Waals surface area contributed by atoms with E-state index in [-0.39, 0.29) is 5.75 Å². The molecule has 1 saturated heterocycles. The molecule has 10 heteroatoms. The van der Waals surface area contributed by atoms with Gasteiger partial charge in [-0.3, -0.25) is 9.80 Å².